The van der Waals surface area contributed by atoms with Crippen LogP contribution in [-0.4, -0.2) is 37.8 Å². The van der Waals surface area contributed by atoms with Crippen LogP contribution < -0.4 is 5.32 Å². The number of hydrogen-bond acceptors (Lipinski definition) is 5. The van der Waals surface area contributed by atoms with Crippen LogP contribution in [0, 0.1) is 0 Å². The molecule has 0 fully saturated rings. The van der Waals surface area contributed by atoms with Crippen molar-refractivity contribution in [3.63, 3.8) is 0 Å². The van der Waals surface area contributed by atoms with Crippen molar-refractivity contribution in [3.05, 3.63) is 71.0 Å². The van der Waals surface area contributed by atoms with Gasteiger partial charge in [-0.1, -0.05) is 41.9 Å². The van der Waals surface area contributed by atoms with Crippen molar-refractivity contribution in [2.75, 3.05) is 6.54 Å². The third-order valence-corrected chi connectivity index (χ3v) is 3.78. The van der Waals surface area contributed by atoms with E-state index >= 15 is 0 Å². The first-order valence-corrected chi connectivity index (χ1v) is 7.57. The molecule has 0 aliphatic carbocycles. The summed E-state index contributed by atoms with van der Waals surface area (Å²) in [5.41, 5.74) is 1.62. The van der Waals surface area contributed by atoms with Gasteiger partial charge in [-0.25, -0.2) is 4.68 Å². The third-order valence-electron chi connectivity index (χ3n) is 3.45. The molecule has 0 aliphatic heterocycles. The summed E-state index contributed by atoms with van der Waals surface area (Å²) in [6.07, 6.45) is 0.626. The molecule has 0 spiro atoms. The van der Waals surface area contributed by atoms with Crippen LogP contribution in [0.25, 0.3) is 5.69 Å². The van der Waals surface area contributed by atoms with Crippen LogP contribution in [0.3, 0.4) is 0 Å². The summed E-state index contributed by atoms with van der Waals surface area (Å²) >= 11 is 6.10. The molecule has 1 aromatic heterocycles. The topological polar surface area (TPSA) is 92.9 Å². The number of halogens is 1. The zero-order chi connectivity index (χ0) is 16.9. The van der Waals surface area contributed by atoms with E-state index in [4.69, 9.17) is 11.6 Å². The number of tetrazole rings is 1. The smallest absolute Gasteiger partial charge is 0.252 e. The number of nitrogens with one attached hydrogen (secondary N) is 1. The number of rotatable bonds is 5. The fraction of sp³-hybridized carbons (Fsp3) is 0.125. The minimum atomic E-state index is -0.795. The van der Waals surface area contributed by atoms with E-state index in [9.17, 15) is 9.90 Å². The van der Waals surface area contributed by atoms with E-state index in [1.807, 2.05) is 18.2 Å². The van der Waals surface area contributed by atoms with Crippen LogP contribution in [0.1, 0.15) is 22.0 Å². The van der Waals surface area contributed by atoms with Gasteiger partial charge >= 0.3 is 0 Å². The van der Waals surface area contributed by atoms with Crippen LogP contribution in [0.2, 0.25) is 5.02 Å². The lowest BCUT2D eigenvalue weighted by atomic mass is 10.1. The molecule has 2 aromatic carbocycles. The van der Waals surface area contributed by atoms with Gasteiger partial charge in [0.2, 0.25) is 0 Å². The number of hydrogen-bond donors (Lipinski definition) is 2. The summed E-state index contributed by atoms with van der Waals surface area (Å²) in [5.74, 6) is -0.384. The van der Waals surface area contributed by atoms with E-state index < -0.39 is 6.10 Å². The molecule has 0 unspecified atom stereocenters. The number of amides is 1. The average molecular weight is 344 g/mol. The minimum absolute atomic E-state index is 0.0777. The summed E-state index contributed by atoms with van der Waals surface area (Å²) in [6.45, 7) is 0.0777. The predicted octanol–water partition coefficient (Wildman–Crippen LogP) is 1.78. The lowest BCUT2D eigenvalue weighted by Gasteiger charge is -2.13. The van der Waals surface area contributed by atoms with Crippen LogP contribution in [-0.2, 0) is 0 Å². The van der Waals surface area contributed by atoms with E-state index in [0.717, 1.165) is 5.56 Å². The largest absolute Gasteiger partial charge is 0.387 e. The first kappa shape index (κ1) is 16.1. The molecule has 1 atom stereocenters. The van der Waals surface area contributed by atoms with Crippen LogP contribution in [0.15, 0.2) is 54.9 Å². The minimum Gasteiger partial charge on any atom is -0.387 e. The monoisotopic (exact) mass is 343 g/mol. The third kappa shape index (κ3) is 3.58. The van der Waals surface area contributed by atoms with E-state index in [1.54, 1.807) is 30.3 Å². The molecule has 0 saturated carbocycles. The molecule has 7 nitrogen and oxygen atoms in total. The summed E-state index contributed by atoms with van der Waals surface area (Å²) in [7, 11) is 0. The van der Waals surface area contributed by atoms with E-state index in [2.05, 4.69) is 20.8 Å². The number of aromatic nitrogens is 4. The molecule has 2 N–H and O–H groups in total. The lowest BCUT2D eigenvalue weighted by Crippen LogP contribution is -2.28. The van der Waals surface area contributed by atoms with Crippen LogP contribution in [0.4, 0.5) is 0 Å². The second kappa shape index (κ2) is 7.20. The van der Waals surface area contributed by atoms with Gasteiger partial charge in [0.1, 0.15) is 6.33 Å². The first-order chi connectivity index (χ1) is 11.6. The molecule has 1 amide bonds. The molecule has 3 rings (SSSR count). The SMILES string of the molecule is O=C(NC[C@@H](O)c1ccccc1)c1cc(-n2cnnn2)ccc1Cl. The standard InChI is InChI=1S/C16H14ClN5O2/c17-14-7-6-12(22-10-19-20-21-22)8-13(14)16(24)18-9-15(23)11-4-2-1-3-5-11/h1-8,10,15,23H,9H2,(H,18,24)/t15-/m1/s1. The average Bonchev–Trinajstić information content (AvgIpc) is 3.15. The van der Waals surface area contributed by atoms with Gasteiger partial charge in [0.25, 0.3) is 5.91 Å². The second-order valence-electron chi connectivity index (χ2n) is 5.06. The maximum absolute atomic E-state index is 12.4. The Morgan fingerprint density at radius 1 is 1.25 bits per heavy atom. The maximum atomic E-state index is 12.4. The van der Waals surface area contributed by atoms with Crippen molar-refractivity contribution in [1.82, 2.24) is 25.5 Å². The Morgan fingerprint density at radius 3 is 2.75 bits per heavy atom. The quantitative estimate of drug-likeness (QED) is 0.736. The molecule has 122 valence electrons. The van der Waals surface area contributed by atoms with E-state index in [1.165, 1.54) is 11.0 Å². The highest BCUT2D eigenvalue weighted by Gasteiger charge is 2.14. The highest BCUT2D eigenvalue weighted by molar-refractivity contribution is 6.33. The Kier molecular flexibility index (Phi) is 4.83. The van der Waals surface area contributed by atoms with Crippen molar-refractivity contribution < 1.29 is 9.90 Å². The van der Waals surface area contributed by atoms with Crippen molar-refractivity contribution in [2.45, 2.75) is 6.10 Å². The van der Waals surface area contributed by atoms with Gasteiger partial charge in [-0.2, -0.15) is 0 Å². The summed E-state index contributed by atoms with van der Waals surface area (Å²) in [5, 5.41) is 24.0. The lowest BCUT2D eigenvalue weighted by molar-refractivity contribution is 0.0916. The molecule has 8 heteroatoms. The number of aliphatic hydroxyl groups is 1. The number of carbonyl (C=O) groups is 1. The Bertz CT molecular complexity index is 824. The first-order valence-electron chi connectivity index (χ1n) is 7.19. The summed E-state index contributed by atoms with van der Waals surface area (Å²) in [6, 6.07) is 14.0. The Hall–Kier alpha value is -2.77. The van der Waals surface area contributed by atoms with Gasteiger partial charge in [-0.3, -0.25) is 4.79 Å². The van der Waals surface area contributed by atoms with Gasteiger partial charge in [0.15, 0.2) is 0 Å². The molecule has 3 aromatic rings. The maximum Gasteiger partial charge on any atom is 0.252 e. The number of nitrogens with zero attached hydrogens (tertiary/aromatic N) is 4. The second-order valence-corrected chi connectivity index (χ2v) is 5.46. The number of carbonyl (C=O) groups excluding carboxylic acids is 1. The Labute approximate surface area is 142 Å². The normalized spacial score (nSPS) is 11.9. The molecule has 1 heterocycles. The Balaban J connectivity index is 1.72. The summed E-state index contributed by atoms with van der Waals surface area (Å²) < 4.78 is 1.42. The van der Waals surface area contributed by atoms with Crippen molar-refractivity contribution >= 4 is 17.5 Å². The highest BCUT2D eigenvalue weighted by Crippen LogP contribution is 2.20. The van der Waals surface area contributed by atoms with Gasteiger partial charge in [0, 0.05) is 6.54 Å². The van der Waals surface area contributed by atoms with E-state index in [-0.39, 0.29) is 18.0 Å². The van der Waals surface area contributed by atoms with Crippen molar-refractivity contribution in [2.24, 2.45) is 0 Å². The molecular formula is C16H14ClN5O2. The zero-order valence-corrected chi connectivity index (χ0v) is 13.3. The molecular weight excluding hydrogens is 330 g/mol. The van der Waals surface area contributed by atoms with Gasteiger partial charge in [-0.05, 0) is 34.2 Å². The number of aliphatic hydroxyl groups excluding tert-OH is 1. The summed E-state index contributed by atoms with van der Waals surface area (Å²) in [4.78, 5) is 12.4. The van der Waals surface area contributed by atoms with Crippen LogP contribution in [0.5, 0.6) is 0 Å². The van der Waals surface area contributed by atoms with Crippen molar-refractivity contribution in [3.8, 4) is 5.69 Å². The predicted molar refractivity (Wildman–Crippen MR) is 87.9 cm³/mol. The van der Waals surface area contributed by atoms with Crippen LogP contribution >= 0.6 is 11.6 Å². The molecule has 0 aliphatic rings. The zero-order valence-electron chi connectivity index (χ0n) is 12.5. The van der Waals surface area contributed by atoms with E-state index in [0.29, 0.717) is 10.7 Å². The van der Waals surface area contributed by atoms with Gasteiger partial charge in [-0.15, -0.1) is 5.10 Å². The molecule has 0 radical (unpaired) electrons. The van der Waals surface area contributed by atoms with Crippen molar-refractivity contribution in [1.29, 1.82) is 0 Å². The fourth-order valence-electron chi connectivity index (χ4n) is 2.19. The number of benzene rings is 2. The Morgan fingerprint density at radius 2 is 2.04 bits per heavy atom. The fourth-order valence-corrected chi connectivity index (χ4v) is 2.39. The molecule has 24 heavy (non-hydrogen) atoms. The molecule has 0 bridgehead atoms. The van der Waals surface area contributed by atoms with Gasteiger partial charge < -0.3 is 10.4 Å². The molecule has 0 saturated heterocycles. The highest BCUT2D eigenvalue weighted by atomic mass is 35.5. The van der Waals surface area contributed by atoms with Gasteiger partial charge in [0.05, 0.1) is 22.4 Å².